The summed E-state index contributed by atoms with van der Waals surface area (Å²) in [6, 6.07) is 8.98. The van der Waals surface area contributed by atoms with Crippen molar-refractivity contribution >= 4 is 11.6 Å². The Hall–Kier alpha value is -2.25. The van der Waals surface area contributed by atoms with E-state index in [9.17, 15) is 5.26 Å². The minimum Gasteiger partial charge on any atom is -0.494 e. The molecular formula is C14H11ClN2O2. The van der Waals surface area contributed by atoms with Crippen LogP contribution >= 0.6 is 11.6 Å². The SMILES string of the molecule is COc1cc(-c2c(Cl)cccc2C#N)c(OC)cn1. The molecule has 0 atom stereocenters. The fourth-order valence-electron chi connectivity index (χ4n) is 1.78. The molecule has 0 spiro atoms. The topological polar surface area (TPSA) is 55.1 Å². The smallest absolute Gasteiger partial charge is 0.213 e. The molecule has 0 saturated heterocycles. The van der Waals surface area contributed by atoms with Crippen molar-refractivity contribution in [1.82, 2.24) is 4.98 Å². The van der Waals surface area contributed by atoms with Gasteiger partial charge in [0.25, 0.3) is 0 Å². The lowest BCUT2D eigenvalue weighted by Gasteiger charge is -2.12. The standard InChI is InChI=1S/C14H11ClN2O2/c1-18-12-8-17-13(19-2)6-10(12)14-9(7-16)4-3-5-11(14)15/h3-6,8H,1-2H3. The van der Waals surface area contributed by atoms with Crippen LogP contribution < -0.4 is 9.47 Å². The van der Waals surface area contributed by atoms with Gasteiger partial charge in [0.2, 0.25) is 5.88 Å². The summed E-state index contributed by atoms with van der Waals surface area (Å²) in [7, 11) is 3.06. The molecule has 0 bridgehead atoms. The Morgan fingerprint density at radius 1 is 1.26 bits per heavy atom. The van der Waals surface area contributed by atoms with Crippen molar-refractivity contribution in [1.29, 1.82) is 5.26 Å². The molecule has 0 N–H and O–H groups in total. The van der Waals surface area contributed by atoms with Crippen molar-refractivity contribution in [3.63, 3.8) is 0 Å². The predicted octanol–water partition coefficient (Wildman–Crippen LogP) is 3.29. The summed E-state index contributed by atoms with van der Waals surface area (Å²) in [6.45, 7) is 0. The molecule has 1 heterocycles. The van der Waals surface area contributed by atoms with E-state index in [1.54, 1.807) is 30.5 Å². The van der Waals surface area contributed by atoms with E-state index in [-0.39, 0.29) is 0 Å². The van der Waals surface area contributed by atoms with Gasteiger partial charge >= 0.3 is 0 Å². The Bertz CT molecular complexity index is 650. The first kappa shape index (κ1) is 13.2. The zero-order valence-corrected chi connectivity index (χ0v) is 11.2. The third kappa shape index (κ3) is 2.47. The molecule has 5 heteroatoms. The maximum atomic E-state index is 9.20. The summed E-state index contributed by atoms with van der Waals surface area (Å²) in [5, 5.41) is 9.68. The molecule has 1 aromatic carbocycles. The summed E-state index contributed by atoms with van der Waals surface area (Å²) in [6.07, 6.45) is 1.54. The third-order valence-corrected chi connectivity index (χ3v) is 2.99. The summed E-state index contributed by atoms with van der Waals surface area (Å²) in [5.41, 5.74) is 1.76. The first-order valence-electron chi connectivity index (χ1n) is 5.48. The van der Waals surface area contributed by atoms with Crippen LogP contribution in [0, 0.1) is 11.3 Å². The van der Waals surface area contributed by atoms with Gasteiger partial charge in [-0.25, -0.2) is 4.98 Å². The van der Waals surface area contributed by atoms with Crippen molar-refractivity contribution in [2.24, 2.45) is 0 Å². The highest BCUT2D eigenvalue weighted by atomic mass is 35.5. The maximum Gasteiger partial charge on any atom is 0.213 e. The molecule has 19 heavy (non-hydrogen) atoms. The van der Waals surface area contributed by atoms with Gasteiger partial charge < -0.3 is 9.47 Å². The Labute approximate surface area is 116 Å². The first-order valence-corrected chi connectivity index (χ1v) is 5.86. The van der Waals surface area contributed by atoms with Crippen LogP contribution in [-0.4, -0.2) is 19.2 Å². The molecule has 2 aromatic rings. The van der Waals surface area contributed by atoms with Gasteiger partial charge in [0.1, 0.15) is 5.75 Å². The summed E-state index contributed by atoms with van der Waals surface area (Å²) in [4.78, 5) is 4.07. The molecule has 0 amide bonds. The van der Waals surface area contributed by atoms with Crippen LogP contribution in [0.2, 0.25) is 5.02 Å². The van der Waals surface area contributed by atoms with Gasteiger partial charge in [-0.1, -0.05) is 17.7 Å². The summed E-state index contributed by atoms with van der Waals surface area (Å²) < 4.78 is 10.4. The lowest BCUT2D eigenvalue weighted by molar-refractivity contribution is 0.388. The van der Waals surface area contributed by atoms with E-state index in [4.69, 9.17) is 21.1 Å². The number of aromatic nitrogens is 1. The minimum atomic E-state index is 0.430. The van der Waals surface area contributed by atoms with Gasteiger partial charge in [-0.05, 0) is 12.1 Å². The van der Waals surface area contributed by atoms with E-state index in [1.807, 2.05) is 0 Å². The highest BCUT2D eigenvalue weighted by Crippen LogP contribution is 2.38. The Morgan fingerprint density at radius 2 is 2.05 bits per heavy atom. The molecule has 1 aromatic heterocycles. The van der Waals surface area contributed by atoms with E-state index in [2.05, 4.69) is 11.1 Å². The van der Waals surface area contributed by atoms with Crippen LogP contribution in [0.4, 0.5) is 0 Å². The second-order valence-electron chi connectivity index (χ2n) is 3.70. The normalized spacial score (nSPS) is 9.79. The number of hydrogen-bond donors (Lipinski definition) is 0. The highest BCUT2D eigenvalue weighted by molar-refractivity contribution is 6.33. The van der Waals surface area contributed by atoms with Crippen LogP contribution in [0.5, 0.6) is 11.6 Å². The Kier molecular flexibility index (Phi) is 3.88. The van der Waals surface area contributed by atoms with E-state index in [0.29, 0.717) is 33.3 Å². The molecular weight excluding hydrogens is 264 g/mol. The zero-order chi connectivity index (χ0) is 13.8. The number of ether oxygens (including phenoxy) is 2. The van der Waals surface area contributed by atoms with Gasteiger partial charge in [0, 0.05) is 22.2 Å². The maximum absolute atomic E-state index is 9.20. The van der Waals surface area contributed by atoms with E-state index >= 15 is 0 Å². The zero-order valence-electron chi connectivity index (χ0n) is 10.5. The summed E-state index contributed by atoms with van der Waals surface area (Å²) in [5.74, 6) is 0.963. The molecule has 0 saturated carbocycles. The molecule has 0 unspecified atom stereocenters. The summed E-state index contributed by atoms with van der Waals surface area (Å²) >= 11 is 6.20. The number of hydrogen-bond acceptors (Lipinski definition) is 4. The van der Waals surface area contributed by atoms with E-state index in [0.717, 1.165) is 0 Å². The van der Waals surface area contributed by atoms with Crippen LogP contribution in [0.15, 0.2) is 30.5 Å². The van der Waals surface area contributed by atoms with Gasteiger partial charge in [-0.3, -0.25) is 0 Å². The Morgan fingerprint density at radius 3 is 2.68 bits per heavy atom. The van der Waals surface area contributed by atoms with Gasteiger partial charge in [0.05, 0.1) is 32.0 Å². The average Bonchev–Trinajstić information content (AvgIpc) is 2.46. The first-order chi connectivity index (χ1) is 9.21. The number of nitrogens with zero attached hydrogens (tertiary/aromatic N) is 2. The van der Waals surface area contributed by atoms with Crippen molar-refractivity contribution < 1.29 is 9.47 Å². The number of halogens is 1. The van der Waals surface area contributed by atoms with E-state index < -0.39 is 0 Å². The molecule has 96 valence electrons. The van der Waals surface area contributed by atoms with Crippen molar-refractivity contribution in [2.75, 3.05) is 14.2 Å². The van der Waals surface area contributed by atoms with Crippen LogP contribution in [-0.2, 0) is 0 Å². The van der Waals surface area contributed by atoms with Crippen LogP contribution in [0.3, 0.4) is 0 Å². The second kappa shape index (κ2) is 5.59. The van der Waals surface area contributed by atoms with Gasteiger partial charge in [-0.15, -0.1) is 0 Å². The van der Waals surface area contributed by atoms with E-state index in [1.165, 1.54) is 14.2 Å². The highest BCUT2D eigenvalue weighted by Gasteiger charge is 2.15. The monoisotopic (exact) mass is 274 g/mol. The lowest BCUT2D eigenvalue weighted by Crippen LogP contribution is -1.95. The molecule has 4 nitrogen and oxygen atoms in total. The predicted molar refractivity (Wildman–Crippen MR) is 72.5 cm³/mol. The largest absolute Gasteiger partial charge is 0.494 e. The molecule has 0 fully saturated rings. The van der Waals surface area contributed by atoms with Crippen molar-refractivity contribution in [3.8, 4) is 28.8 Å². The fourth-order valence-corrected chi connectivity index (χ4v) is 2.06. The van der Waals surface area contributed by atoms with Crippen LogP contribution in [0.1, 0.15) is 5.56 Å². The molecule has 0 radical (unpaired) electrons. The average molecular weight is 275 g/mol. The van der Waals surface area contributed by atoms with Gasteiger partial charge in [-0.2, -0.15) is 5.26 Å². The third-order valence-electron chi connectivity index (χ3n) is 2.67. The number of benzene rings is 1. The van der Waals surface area contributed by atoms with Crippen molar-refractivity contribution in [3.05, 3.63) is 41.0 Å². The molecule has 0 aliphatic carbocycles. The van der Waals surface area contributed by atoms with Crippen LogP contribution in [0.25, 0.3) is 11.1 Å². The quantitative estimate of drug-likeness (QED) is 0.862. The number of pyridine rings is 1. The number of nitriles is 1. The van der Waals surface area contributed by atoms with Gasteiger partial charge in [0.15, 0.2) is 0 Å². The minimum absolute atomic E-state index is 0.430. The lowest BCUT2D eigenvalue weighted by atomic mass is 10.0. The second-order valence-corrected chi connectivity index (χ2v) is 4.11. The van der Waals surface area contributed by atoms with Crippen molar-refractivity contribution in [2.45, 2.75) is 0 Å². The number of methoxy groups -OCH3 is 2. The number of rotatable bonds is 3. The molecule has 0 aliphatic heterocycles. The fraction of sp³-hybridized carbons (Fsp3) is 0.143. The Balaban J connectivity index is 2.74. The molecule has 0 aliphatic rings. The molecule has 2 rings (SSSR count).